The Hall–Kier alpha value is -10.2. The van der Waals surface area contributed by atoms with E-state index in [1.165, 1.54) is 132 Å². The van der Waals surface area contributed by atoms with Gasteiger partial charge >= 0.3 is 0 Å². The smallest absolute Gasteiger partial charge is 0.0542 e. The van der Waals surface area contributed by atoms with E-state index >= 15 is 0 Å². The van der Waals surface area contributed by atoms with E-state index in [1.807, 2.05) is 0 Å². The minimum Gasteiger partial charge on any atom is -0.309 e. The van der Waals surface area contributed by atoms with Crippen LogP contribution in [-0.2, 0) is 0 Å². The molecule has 0 saturated heterocycles. The molecule has 0 aliphatic heterocycles. The van der Waals surface area contributed by atoms with Crippen LogP contribution in [0.5, 0.6) is 0 Å². The lowest BCUT2D eigenvalue weighted by atomic mass is 9.80. The van der Waals surface area contributed by atoms with E-state index in [-0.39, 0.29) is 0 Å². The Balaban J connectivity index is 0.834. The van der Waals surface area contributed by atoms with E-state index in [0.29, 0.717) is 0 Å². The summed E-state index contributed by atoms with van der Waals surface area (Å²) in [6.45, 7) is 0. The van der Waals surface area contributed by atoms with Gasteiger partial charge in [0.1, 0.15) is 0 Å². The first-order chi connectivity index (χ1) is 37.7. The van der Waals surface area contributed by atoms with Crippen LogP contribution in [0, 0.1) is 0 Å². The molecule has 4 aromatic heterocycles. The van der Waals surface area contributed by atoms with Crippen molar-refractivity contribution in [1.82, 2.24) is 18.3 Å². The molecule has 0 amide bonds. The van der Waals surface area contributed by atoms with Crippen molar-refractivity contribution in [3.8, 4) is 67.3 Å². The van der Waals surface area contributed by atoms with Gasteiger partial charge in [0.2, 0.25) is 0 Å². The number of rotatable bonds is 4. The van der Waals surface area contributed by atoms with E-state index in [4.69, 9.17) is 0 Å². The third kappa shape index (κ3) is 5.73. The molecule has 0 N–H and O–H groups in total. The summed E-state index contributed by atoms with van der Waals surface area (Å²) in [6.07, 6.45) is 0. The van der Waals surface area contributed by atoms with Crippen molar-refractivity contribution in [2.45, 2.75) is 0 Å². The fraction of sp³-hybridized carbons (Fsp3) is 0. The molecule has 1 aliphatic rings. The molecule has 4 heterocycles. The molecule has 0 fully saturated rings. The third-order valence-electron chi connectivity index (χ3n) is 16.5. The Morgan fingerprint density at radius 3 is 0.671 bits per heavy atom. The second-order valence-electron chi connectivity index (χ2n) is 20.4. The molecule has 12 aromatic carbocycles. The molecule has 352 valence electrons. The zero-order valence-electron chi connectivity index (χ0n) is 41.2. The van der Waals surface area contributed by atoms with E-state index in [9.17, 15) is 0 Å². The zero-order valence-corrected chi connectivity index (χ0v) is 41.2. The lowest BCUT2D eigenvalue weighted by molar-refractivity contribution is 1.16. The van der Waals surface area contributed by atoms with Crippen molar-refractivity contribution in [3.05, 3.63) is 267 Å². The molecule has 0 spiro atoms. The van der Waals surface area contributed by atoms with Gasteiger partial charge in [0.25, 0.3) is 0 Å². The van der Waals surface area contributed by atoms with Crippen LogP contribution in [0.3, 0.4) is 0 Å². The fourth-order valence-electron chi connectivity index (χ4n) is 13.3. The Labute approximate surface area is 437 Å². The van der Waals surface area contributed by atoms with Gasteiger partial charge in [0.05, 0.1) is 44.1 Å². The van der Waals surface area contributed by atoms with Crippen LogP contribution in [0.2, 0.25) is 0 Å². The van der Waals surface area contributed by atoms with E-state index < -0.39 is 0 Å². The minimum atomic E-state index is 1.13. The molecule has 76 heavy (non-hydrogen) atoms. The fourth-order valence-corrected chi connectivity index (χ4v) is 13.3. The average Bonchev–Trinajstić information content (AvgIpc) is 4.22. The largest absolute Gasteiger partial charge is 0.309 e. The SMILES string of the molecule is c1ccc2c(c1)-c1ccc(-n3c4ccccc4c4cc(-n5c6ccccc6c6ccccc65)ccc43)cc1-c1ccccc1-c1ccc(-n3c4ccccc4c4cc(-n5c6ccccc6c6ccccc65)ccc43)cc1-2. The maximum absolute atomic E-state index is 2.46. The summed E-state index contributed by atoms with van der Waals surface area (Å²) in [7, 11) is 0. The monoisotopic (exact) mass is 964 g/mol. The highest BCUT2D eigenvalue weighted by molar-refractivity contribution is 6.15. The highest BCUT2D eigenvalue weighted by Gasteiger charge is 2.25. The van der Waals surface area contributed by atoms with Crippen molar-refractivity contribution in [1.29, 1.82) is 0 Å². The maximum Gasteiger partial charge on any atom is 0.0542 e. The predicted octanol–water partition coefficient (Wildman–Crippen LogP) is 19.1. The lowest BCUT2D eigenvalue weighted by Gasteiger charge is -2.24. The van der Waals surface area contributed by atoms with E-state index in [2.05, 4.69) is 285 Å². The number of aromatic nitrogens is 4. The number of benzene rings is 12. The van der Waals surface area contributed by atoms with Crippen LogP contribution in [0.15, 0.2) is 267 Å². The normalized spacial score (nSPS) is 12.2. The number of hydrogen-bond donors (Lipinski definition) is 0. The Bertz CT molecular complexity index is 4700. The Kier molecular flexibility index (Phi) is 8.52. The van der Waals surface area contributed by atoms with Crippen molar-refractivity contribution < 1.29 is 0 Å². The van der Waals surface area contributed by atoms with Crippen molar-refractivity contribution >= 4 is 87.2 Å². The number of para-hydroxylation sites is 6. The summed E-state index contributed by atoms with van der Waals surface area (Å²) in [5.41, 5.74) is 23.8. The van der Waals surface area contributed by atoms with Crippen LogP contribution < -0.4 is 0 Å². The summed E-state index contributed by atoms with van der Waals surface area (Å²) in [4.78, 5) is 0. The topological polar surface area (TPSA) is 19.7 Å². The standard InChI is InChI=1S/C72H44N4/c1-3-19-51-49(17-1)53-37-33-45(75-69-31-15-9-25-59(69)63-43-47(35-39-71(63)75)73-65-27-11-5-21-55(65)56-22-6-12-28-66(56)73)42-62(53)52-20-4-2-18-50(52)54-38-34-46(41-61(51)54)76-70-32-16-10-26-60(70)64-44-48(36-40-72(64)76)74-67-29-13-7-23-57(67)58-24-8-14-30-68(58)74/h1-44H. The second-order valence-corrected chi connectivity index (χ2v) is 20.4. The van der Waals surface area contributed by atoms with Gasteiger partial charge in [-0.3, -0.25) is 0 Å². The molecule has 16 aromatic rings. The van der Waals surface area contributed by atoms with Crippen LogP contribution in [0.25, 0.3) is 154 Å². The first kappa shape index (κ1) is 41.3. The minimum absolute atomic E-state index is 1.13. The average molecular weight is 965 g/mol. The van der Waals surface area contributed by atoms with Crippen molar-refractivity contribution in [2.75, 3.05) is 0 Å². The Morgan fingerprint density at radius 2 is 0.355 bits per heavy atom. The van der Waals surface area contributed by atoms with Crippen LogP contribution >= 0.6 is 0 Å². The molecule has 1 aliphatic carbocycles. The van der Waals surface area contributed by atoms with Crippen LogP contribution in [0.4, 0.5) is 0 Å². The molecular weight excluding hydrogens is 921 g/mol. The van der Waals surface area contributed by atoms with Gasteiger partial charge in [-0.25, -0.2) is 0 Å². The van der Waals surface area contributed by atoms with Gasteiger partial charge in [-0.1, -0.05) is 170 Å². The quantitative estimate of drug-likeness (QED) is 0.167. The number of hydrogen-bond acceptors (Lipinski definition) is 0. The predicted molar refractivity (Wildman–Crippen MR) is 319 cm³/mol. The number of nitrogens with zero attached hydrogens (tertiary/aromatic N) is 4. The first-order valence-corrected chi connectivity index (χ1v) is 26.3. The summed E-state index contributed by atoms with van der Waals surface area (Å²) in [5, 5.41) is 9.97. The van der Waals surface area contributed by atoms with E-state index in [0.717, 1.165) is 22.7 Å². The lowest BCUT2D eigenvalue weighted by Crippen LogP contribution is -2.01. The summed E-state index contributed by atoms with van der Waals surface area (Å²) in [6, 6.07) is 99.1. The molecule has 17 rings (SSSR count). The maximum atomic E-state index is 2.46. The van der Waals surface area contributed by atoms with Crippen molar-refractivity contribution in [2.24, 2.45) is 0 Å². The molecule has 4 heteroatoms. The summed E-state index contributed by atoms with van der Waals surface area (Å²) in [5.74, 6) is 0. The third-order valence-corrected chi connectivity index (χ3v) is 16.5. The highest BCUT2D eigenvalue weighted by Crippen LogP contribution is 2.50. The second kappa shape index (κ2) is 15.7. The molecule has 0 unspecified atom stereocenters. The van der Waals surface area contributed by atoms with E-state index in [1.54, 1.807) is 0 Å². The van der Waals surface area contributed by atoms with Gasteiger partial charge < -0.3 is 18.3 Å². The van der Waals surface area contributed by atoms with Crippen LogP contribution in [0.1, 0.15) is 0 Å². The first-order valence-electron chi connectivity index (χ1n) is 26.3. The molecule has 0 radical (unpaired) electrons. The molecule has 0 bridgehead atoms. The zero-order chi connectivity index (χ0) is 49.6. The van der Waals surface area contributed by atoms with Gasteiger partial charge in [-0.2, -0.15) is 0 Å². The van der Waals surface area contributed by atoms with Gasteiger partial charge in [0, 0.05) is 65.8 Å². The molecule has 0 atom stereocenters. The molecule has 0 saturated carbocycles. The van der Waals surface area contributed by atoms with Crippen LogP contribution in [-0.4, -0.2) is 18.3 Å². The Morgan fingerprint density at radius 1 is 0.145 bits per heavy atom. The molecular formula is C72H44N4. The summed E-state index contributed by atoms with van der Waals surface area (Å²) >= 11 is 0. The molecule has 4 nitrogen and oxygen atoms in total. The van der Waals surface area contributed by atoms with Crippen molar-refractivity contribution in [3.63, 3.8) is 0 Å². The van der Waals surface area contributed by atoms with Gasteiger partial charge in [0.15, 0.2) is 0 Å². The van der Waals surface area contributed by atoms with Gasteiger partial charge in [-0.05, 0) is 142 Å². The van der Waals surface area contributed by atoms with Gasteiger partial charge in [-0.15, -0.1) is 0 Å². The number of fused-ring (bicyclic) bond motifs is 20. The summed E-state index contributed by atoms with van der Waals surface area (Å²) < 4.78 is 9.77. The highest BCUT2D eigenvalue weighted by atomic mass is 15.0.